The maximum absolute atomic E-state index is 12.5. The Bertz CT molecular complexity index is 1090. The molecule has 0 aliphatic heterocycles. The molecule has 1 amide bonds. The lowest BCUT2D eigenvalue weighted by Crippen LogP contribution is -2.22. The molecule has 0 fully saturated rings. The minimum Gasteiger partial charge on any atom is -0.461 e. The number of benzene rings is 1. The van der Waals surface area contributed by atoms with Crippen LogP contribution in [0.3, 0.4) is 0 Å². The van der Waals surface area contributed by atoms with Crippen molar-refractivity contribution in [2.45, 2.75) is 24.1 Å². The first-order chi connectivity index (χ1) is 13.1. The van der Waals surface area contributed by atoms with Crippen LogP contribution in [-0.4, -0.2) is 26.3 Å². The molecule has 0 aliphatic rings. The topological polar surface area (TPSA) is 94.1 Å². The molecule has 4 aromatic rings. The summed E-state index contributed by atoms with van der Waals surface area (Å²) in [5, 5.41) is 7.68. The van der Waals surface area contributed by atoms with E-state index in [-0.39, 0.29) is 5.91 Å². The number of para-hydroxylation sites is 1. The number of furan rings is 1. The third-order valence-corrected chi connectivity index (χ3v) is 4.94. The van der Waals surface area contributed by atoms with Gasteiger partial charge in [0.1, 0.15) is 5.03 Å². The maximum atomic E-state index is 12.5. The molecule has 136 valence electrons. The summed E-state index contributed by atoms with van der Waals surface area (Å²) in [6, 6.07) is 13.0. The van der Waals surface area contributed by atoms with Crippen LogP contribution in [0.2, 0.25) is 0 Å². The normalized spacial score (nSPS) is 12.2. The Morgan fingerprint density at radius 1 is 1.19 bits per heavy atom. The van der Waals surface area contributed by atoms with E-state index < -0.39 is 5.25 Å². The Balaban J connectivity index is 1.63. The van der Waals surface area contributed by atoms with E-state index in [0.29, 0.717) is 28.2 Å². The highest BCUT2D eigenvalue weighted by Gasteiger charge is 2.20. The van der Waals surface area contributed by atoms with E-state index in [1.165, 1.54) is 11.8 Å². The van der Waals surface area contributed by atoms with E-state index in [0.717, 1.165) is 10.9 Å². The Kier molecular flexibility index (Phi) is 4.64. The first-order valence-electron chi connectivity index (χ1n) is 8.31. The van der Waals surface area contributed by atoms with Crippen LogP contribution in [0, 0.1) is 6.92 Å². The standard InChI is InChI=1S/C19H16N4O3S/c1-11-10-16(26-23-11)21-18(24)12(2)27-19-13-6-3-4-7-14(13)20-17(22-19)15-8-5-9-25-15/h3-10,12H,1-2H3,(H,21,24)/t12-/m1/s1. The number of carbonyl (C=O) groups is 1. The molecule has 0 aliphatic carbocycles. The van der Waals surface area contributed by atoms with Gasteiger partial charge in [-0.15, -0.1) is 0 Å². The summed E-state index contributed by atoms with van der Waals surface area (Å²) in [4.78, 5) is 21.7. The van der Waals surface area contributed by atoms with Crippen LogP contribution in [0.25, 0.3) is 22.5 Å². The fourth-order valence-electron chi connectivity index (χ4n) is 2.52. The Labute approximate surface area is 159 Å². The van der Waals surface area contributed by atoms with Gasteiger partial charge in [-0.3, -0.25) is 10.1 Å². The van der Waals surface area contributed by atoms with Crippen molar-refractivity contribution in [1.82, 2.24) is 15.1 Å². The minimum absolute atomic E-state index is 0.196. The molecule has 0 unspecified atom stereocenters. The summed E-state index contributed by atoms with van der Waals surface area (Å²) < 4.78 is 10.5. The number of fused-ring (bicyclic) bond motifs is 1. The maximum Gasteiger partial charge on any atom is 0.240 e. The fourth-order valence-corrected chi connectivity index (χ4v) is 3.46. The van der Waals surface area contributed by atoms with Crippen molar-refractivity contribution in [2.24, 2.45) is 0 Å². The number of anilines is 1. The lowest BCUT2D eigenvalue weighted by atomic mass is 10.2. The predicted octanol–water partition coefficient (Wildman–Crippen LogP) is 4.31. The number of thioether (sulfide) groups is 1. The Morgan fingerprint density at radius 3 is 2.78 bits per heavy atom. The molecule has 3 heterocycles. The molecule has 8 heteroatoms. The van der Waals surface area contributed by atoms with Gasteiger partial charge in [0, 0.05) is 11.5 Å². The highest BCUT2D eigenvalue weighted by Crippen LogP contribution is 2.31. The van der Waals surface area contributed by atoms with Gasteiger partial charge >= 0.3 is 0 Å². The second-order valence-electron chi connectivity index (χ2n) is 5.93. The highest BCUT2D eigenvalue weighted by molar-refractivity contribution is 8.00. The summed E-state index contributed by atoms with van der Waals surface area (Å²) in [6.45, 7) is 3.60. The van der Waals surface area contributed by atoms with Crippen molar-refractivity contribution in [2.75, 3.05) is 5.32 Å². The molecule has 0 spiro atoms. The second-order valence-corrected chi connectivity index (χ2v) is 7.26. The molecule has 1 aromatic carbocycles. The molecule has 4 rings (SSSR count). The van der Waals surface area contributed by atoms with Crippen molar-refractivity contribution in [3.05, 3.63) is 54.4 Å². The molecule has 1 N–H and O–H groups in total. The number of carbonyl (C=O) groups excluding carboxylic acids is 1. The van der Waals surface area contributed by atoms with E-state index in [1.807, 2.05) is 31.2 Å². The van der Waals surface area contributed by atoms with Crippen LogP contribution in [0.5, 0.6) is 0 Å². The summed E-state index contributed by atoms with van der Waals surface area (Å²) in [5.74, 6) is 1.20. The van der Waals surface area contributed by atoms with Crippen molar-refractivity contribution in [3.63, 3.8) is 0 Å². The van der Waals surface area contributed by atoms with E-state index in [9.17, 15) is 4.79 Å². The first kappa shape index (κ1) is 17.3. The lowest BCUT2D eigenvalue weighted by Gasteiger charge is -2.12. The third kappa shape index (κ3) is 3.70. The number of rotatable bonds is 5. The molecule has 0 saturated heterocycles. The van der Waals surface area contributed by atoms with Gasteiger partial charge in [0.05, 0.1) is 22.7 Å². The quantitative estimate of drug-likeness (QED) is 0.407. The largest absolute Gasteiger partial charge is 0.461 e. The second kappa shape index (κ2) is 7.24. The Morgan fingerprint density at radius 2 is 2.04 bits per heavy atom. The van der Waals surface area contributed by atoms with Crippen LogP contribution in [0.1, 0.15) is 12.6 Å². The predicted molar refractivity (Wildman–Crippen MR) is 102 cm³/mol. The number of aromatic nitrogens is 3. The number of hydrogen-bond acceptors (Lipinski definition) is 7. The van der Waals surface area contributed by atoms with Gasteiger partial charge in [-0.25, -0.2) is 9.97 Å². The van der Waals surface area contributed by atoms with Crippen LogP contribution < -0.4 is 5.32 Å². The Hall–Kier alpha value is -3.13. The van der Waals surface area contributed by atoms with Gasteiger partial charge in [-0.1, -0.05) is 35.1 Å². The molecular weight excluding hydrogens is 364 g/mol. The number of nitrogens with zero attached hydrogens (tertiary/aromatic N) is 3. The van der Waals surface area contributed by atoms with Crippen molar-refractivity contribution in [3.8, 4) is 11.6 Å². The van der Waals surface area contributed by atoms with Crippen LogP contribution >= 0.6 is 11.8 Å². The molecule has 7 nitrogen and oxygen atoms in total. The molecule has 27 heavy (non-hydrogen) atoms. The molecule has 3 aromatic heterocycles. The minimum atomic E-state index is -0.404. The first-order valence-corrected chi connectivity index (χ1v) is 9.19. The van der Waals surface area contributed by atoms with Crippen molar-refractivity contribution < 1.29 is 13.7 Å². The lowest BCUT2D eigenvalue weighted by molar-refractivity contribution is -0.115. The molecule has 0 radical (unpaired) electrons. The molecule has 0 saturated carbocycles. The van der Waals surface area contributed by atoms with Crippen molar-refractivity contribution in [1.29, 1.82) is 0 Å². The van der Waals surface area contributed by atoms with Gasteiger partial charge in [0.15, 0.2) is 11.6 Å². The van der Waals surface area contributed by atoms with E-state index in [2.05, 4.69) is 20.4 Å². The van der Waals surface area contributed by atoms with Gasteiger partial charge in [0.2, 0.25) is 11.8 Å². The summed E-state index contributed by atoms with van der Waals surface area (Å²) >= 11 is 1.35. The van der Waals surface area contributed by atoms with Gasteiger partial charge in [-0.05, 0) is 32.0 Å². The van der Waals surface area contributed by atoms with E-state index >= 15 is 0 Å². The zero-order chi connectivity index (χ0) is 18.8. The third-order valence-electron chi connectivity index (χ3n) is 3.84. The zero-order valence-corrected chi connectivity index (χ0v) is 15.5. The van der Waals surface area contributed by atoms with Gasteiger partial charge in [0.25, 0.3) is 0 Å². The van der Waals surface area contributed by atoms with Gasteiger partial charge < -0.3 is 8.94 Å². The SMILES string of the molecule is Cc1cc(NC(=O)[C@@H](C)Sc2nc(-c3ccco3)nc3ccccc23)on1. The molecular formula is C19H16N4O3S. The summed E-state index contributed by atoms with van der Waals surface area (Å²) in [6.07, 6.45) is 1.58. The van der Waals surface area contributed by atoms with Crippen LogP contribution in [0.15, 0.2) is 62.7 Å². The number of hydrogen-bond donors (Lipinski definition) is 1. The number of amides is 1. The highest BCUT2D eigenvalue weighted by atomic mass is 32.2. The molecule has 0 bridgehead atoms. The fraction of sp³-hybridized carbons (Fsp3) is 0.158. The van der Waals surface area contributed by atoms with E-state index in [1.54, 1.807) is 31.4 Å². The van der Waals surface area contributed by atoms with Gasteiger partial charge in [-0.2, -0.15) is 0 Å². The van der Waals surface area contributed by atoms with Crippen molar-refractivity contribution >= 4 is 34.5 Å². The zero-order valence-electron chi connectivity index (χ0n) is 14.7. The summed E-state index contributed by atoms with van der Waals surface area (Å²) in [5.41, 5.74) is 1.50. The van der Waals surface area contributed by atoms with E-state index in [4.69, 9.17) is 8.94 Å². The average molecular weight is 380 g/mol. The number of nitrogens with one attached hydrogen (secondary N) is 1. The summed E-state index contributed by atoms with van der Waals surface area (Å²) in [7, 11) is 0. The number of aryl methyl sites for hydroxylation is 1. The monoisotopic (exact) mass is 380 g/mol. The average Bonchev–Trinajstić information content (AvgIpc) is 3.33. The molecule has 1 atom stereocenters. The smallest absolute Gasteiger partial charge is 0.240 e. The van der Waals surface area contributed by atoms with Crippen LogP contribution in [-0.2, 0) is 4.79 Å². The van der Waals surface area contributed by atoms with Crippen LogP contribution in [0.4, 0.5) is 5.88 Å².